The second kappa shape index (κ2) is 4.74. The van der Waals surface area contributed by atoms with Crippen molar-refractivity contribution >= 4 is 11.3 Å². The van der Waals surface area contributed by atoms with Crippen molar-refractivity contribution in [1.29, 1.82) is 0 Å². The van der Waals surface area contributed by atoms with Gasteiger partial charge >= 0.3 is 0 Å². The number of hydrogen-bond acceptors (Lipinski definition) is 2. The molecule has 1 aromatic rings. The lowest BCUT2D eigenvalue weighted by atomic mass is 9.78. The van der Waals surface area contributed by atoms with Crippen LogP contribution in [0.15, 0.2) is 5.38 Å². The Morgan fingerprint density at radius 3 is 2.76 bits per heavy atom. The van der Waals surface area contributed by atoms with Gasteiger partial charge in [0.1, 0.15) is 0 Å². The van der Waals surface area contributed by atoms with Crippen LogP contribution in [0.25, 0.3) is 0 Å². The van der Waals surface area contributed by atoms with E-state index in [9.17, 15) is 0 Å². The first-order chi connectivity index (χ1) is 8.25. The fourth-order valence-electron chi connectivity index (χ4n) is 3.68. The molecule has 0 radical (unpaired) electrons. The average molecular weight is 249 g/mol. The Labute approximate surface area is 108 Å². The van der Waals surface area contributed by atoms with E-state index in [1.54, 1.807) is 16.0 Å². The van der Waals surface area contributed by atoms with Gasteiger partial charge in [0.25, 0.3) is 0 Å². The summed E-state index contributed by atoms with van der Waals surface area (Å²) in [5, 5.41) is 2.43. The van der Waals surface area contributed by atoms with E-state index in [4.69, 9.17) is 5.73 Å². The van der Waals surface area contributed by atoms with Crippen LogP contribution in [0.2, 0.25) is 0 Å². The van der Waals surface area contributed by atoms with Crippen LogP contribution >= 0.6 is 11.3 Å². The maximum absolute atomic E-state index is 6.40. The average Bonchev–Trinajstić information content (AvgIpc) is 2.74. The van der Waals surface area contributed by atoms with Gasteiger partial charge in [0.05, 0.1) is 0 Å². The van der Waals surface area contributed by atoms with Crippen LogP contribution in [0.5, 0.6) is 0 Å². The zero-order valence-corrected chi connectivity index (χ0v) is 11.6. The van der Waals surface area contributed by atoms with Gasteiger partial charge in [0, 0.05) is 10.9 Å². The maximum Gasteiger partial charge on any atom is 0.0311 e. The highest BCUT2D eigenvalue weighted by Gasteiger charge is 2.29. The molecule has 1 fully saturated rings. The first-order valence-corrected chi connectivity index (χ1v) is 7.99. The molecule has 2 atom stereocenters. The van der Waals surface area contributed by atoms with Crippen LogP contribution in [0.1, 0.15) is 73.4 Å². The number of rotatable bonds is 1. The summed E-state index contributed by atoms with van der Waals surface area (Å²) in [6.45, 7) is 2.34. The molecule has 1 aromatic heterocycles. The summed E-state index contributed by atoms with van der Waals surface area (Å²) in [6.07, 6.45) is 9.51. The maximum atomic E-state index is 6.40. The van der Waals surface area contributed by atoms with Crippen molar-refractivity contribution in [3.8, 4) is 0 Å². The van der Waals surface area contributed by atoms with Gasteiger partial charge in [0.15, 0.2) is 0 Å². The molecule has 1 nitrogen and oxygen atoms in total. The molecule has 17 heavy (non-hydrogen) atoms. The molecule has 3 rings (SSSR count). The Hall–Kier alpha value is -0.340. The third-order valence-electron chi connectivity index (χ3n) is 4.55. The predicted octanol–water partition coefficient (Wildman–Crippen LogP) is 4.38. The topological polar surface area (TPSA) is 26.0 Å². The highest BCUT2D eigenvalue weighted by atomic mass is 32.1. The molecule has 0 aliphatic heterocycles. The minimum absolute atomic E-state index is 0.317. The van der Waals surface area contributed by atoms with Crippen molar-refractivity contribution < 1.29 is 0 Å². The van der Waals surface area contributed by atoms with E-state index in [0.717, 1.165) is 11.8 Å². The zero-order valence-electron chi connectivity index (χ0n) is 10.7. The lowest BCUT2D eigenvalue weighted by molar-refractivity contribution is 0.419. The molecule has 2 heteroatoms. The molecule has 0 saturated heterocycles. The Bertz CT molecular complexity index is 390. The Kier molecular flexibility index (Phi) is 3.27. The zero-order chi connectivity index (χ0) is 11.8. The van der Waals surface area contributed by atoms with Crippen LogP contribution in [0.3, 0.4) is 0 Å². The Balaban J connectivity index is 1.91. The van der Waals surface area contributed by atoms with E-state index < -0.39 is 0 Å². The van der Waals surface area contributed by atoms with Gasteiger partial charge in [-0.2, -0.15) is 0 Å². The van der Waals surface area contributed by atoms with Crippen LogP contribution in [0.4, 0.5) is 0 Å². The van der Waals surface area contributed by atoms with Crippen LogP contribution in [-0.4, -0.2) is 0 Å². The molecule has 1 saturated carbocycles. The molecule has 2 aliphatic rings. The third-order valence-corrected chi connectivity index (χ3v) is 5.59. The second-order valence-corrected chi connectivity index (χ2v) is 6.98. The fourth-order valence-corrected chi connectivity index (χ4v) is 5.05. The van der Waals surface area contributed by atoms with Crippen molar-refractivity contribution in [2.24, 2.45) is 11.7 Å². The summed E-state index contributed by atoms with van der Waals surface area (Å²) in [5.41, 5.74) is 9.58. The molecule has 0 amide bonds. The minimum atomic E-state index is 0.317. The van der Waals surface area contributed by atoms with Crippen molar-refractivity contribution in [2.75, 3.05) is 0 Å². The second-order valence-electron chi connectivity index (χ2n) is 6.01. The summed E-state index contributed by atoms with van der Waals surface area (Å²) in [7, 11) is 0. The highest BCUT2D eigenvalue weighted by molar-refractivity contribution is 7.10. The molecule has 2 aliphatic carbocycles. The van der Waals surface area contributed by atoms with Gasteiger partial charge in [-0.15, -0.1) is 11.3 Å². The Morgan fingerprint density at radius 2 is 2.00 bits per heavy atom. The minimum Gasteiger partial charge on any atom is -0.324 e. The van der Waals surface area contributed by atoms with E-state index in [0.29, 0.717) is 6.04 Å². The highest BCUT2D eigenvalue weighted by Crippen LogP contribution is 2.44. The fraction of sp³-hybridized carbons (Fsp3) is 0.733. The summed E-state index contributed by atoms with van der Waals surface area (Å²) in [5.74, 6) is 1.60. The SMILES string of the molecule is CC1Cc2scc(C3CCCCC3)c2C(N)C1. The number of thiophene rings is 1. The van der Waals surface area contributed by atoms with Gasteiger partial charge < -0.3 is 5.73 Å². The lowest BCUT2D eigenvalue weighted by Crippen LogP contribution is -2.23. The molecule has 2 N–H and O–H groups in total. The number of fused-ring (bicyclic) bond motifs is 1. The van der Waals surface area contributed by atoms with Crippen LogP contribution < -0.4 is 5.73 Å². The standard InChI is InChI=1S/C15H23NS/c1-10-7-13(16)15-12(9-17-14(15)8-10)11-5-3-2-4-6-11/h9-11,13H,2-8,16H2,1H3. The van der Waals surface area contributed by atoms with Crippen molar-refractivity contribution in [3.63, 3.8) is 0 Å². The van der Waals surface area contributed by atoms with E-state index >= 15 is 0 Å². The number of hydrogen-bond donors (Lipinski definition) is 1. The van der Waals surface area contributed by atoms with Crippen LogP contribution in [-0.2, 0) is 6.42 Å². The third kappa shape index (κ3) is 2.17. The lowest BCUT2D eigenvalue weighted by Gasteiger charge is -2.29. The molecule has 0 bridgehead atoms. The van der Waals surface area contributed by atoms with Gasteiger partial charge in [-0.1, -0.05) is 26.2 Å². The molecule has 2 unspecified atom stereocenters. The summed E-state index contributed by atoms with van der Waals surface area (Å²) in [4.78, 5) is 1.59. The van der Waals surface area contributed by atoms with E-state index in [1.165, 1.54) is 44.9 Å². The predicted molar refractivity (Wildman–Crippen MR) is 74.6 cm³/mol. The quantitative estimate of drug-likeness (QED) is 0.785. The molecular formula is C15H23NS. The summed E-state index contributed by atoms with van der Waals surface area (Å²) >= 11 is 1.97. The molecule has 1 heterocycles. The first-order valence-electron chi connectivity index (χ1n) is 7.11. The summed E-state index contributed by atoms with van der Waals surface area (Å²) in [6, 6.07) is 0.317. The van der Waals surface area contributed by atoms with Gasteiger partial charge in [0.2, 0.25) is 0 Å². The van der Waals surface area contributed by atoms with Crippen molar-refractivity contribution in [2.45, 2.75) is 63.8 Å². The van der Waals surface area contributed by atoms with Gasteiger partial charge in [-0.3, -0.25) is 0 Å². The molecule has 0 spiro atoms. The van der Waals surface area contributed by atoms with Crippen molar-refractivity contribution in [3.05, 3.63) is 21.4 Å². The molecule has 0 aromatic carbocycles. The monoisotopic (exact) mass is 249 g/mol. The Morgan fingerprint density at radius 1 is 1.24 bits per heavy atom. The van der Waals surface area contributed by atoms with Crippen molar-refractivity contribution in [1.82, 2.24) is 0 Å². The molecule has 94 valence electrons. The van der Waals surface area contributed by atoms with E-state index in [1.807, 2.05) is 11.3 Å². The number of nitrogens with two attached hydrogens (primary N) is 1. The smallest absolute Gasteiger partial charge is 0.0311 e. The van der Waals surface area contributed by atoms with Gasteiger partial charge in [-0.05, 0) is 54.0 Å². The first kappa shape index (κ1) is 11.7. The van der Waals surface area contributed by atoms with Gasteiger partial charge in [-0.25, -0.2) is 0 Å². The normalized spacial score (nSPS) is 30.2. The summed E-state index contributed by atoms with van der Waals surface area (Å²) < 4.78 is 0. The largest absolute Gasteiger partial charge is 0.324 e. The van der Waals surface area contributed by atoms with Crippen LogP contribution in [0, 0.1) is 5.92 Å². The van der Waals surface area contributed by atoms with E-state index in [-0.39, 0.29) is 0 Å². The van der Waals surface area contributed by atoms with E-state index in [2.05, 4.69) is 12.3 Å². The molecular weight excluding hydrogens is 226 g/mol.